The fraction of sp³-hybridized carbons (Fsp3) is 0.357. The number of halogens is 3. The van der Waals surface area contributed by atoms with Crippen LogP contribution in [0.3, 0.4) is 0 Å². The molecule has 1 unspecified atom stereocenters. The largest absolute Gasteiger partial charge is 0.416 e. The number of alkyl halides is 3. The summed E-state index contributed by atoms with van der Waals surface area (Å²) in [6.07, 6.45) is 4.57. The summed E-state index contributed by atoms with van der Waals surface area (Å²) in [5, 5.41) is 2.94. The minimum atomic E-state index is -4.57. The van der Waals surface area contributed by atoms with Crippen molar-refractivity contribution in [2.75, 3.05) is 38.1 Å². The van der Waals surface area contributed by atoms with E-state index in [0.29, 0.717) is 43.9 Å². The number of likely N-dealkylation sites (tertiary alicyclic amines) is 1. The van der Waals surface area contributed by atoms with Crippen LogP contribution in [0.15, 0.2) is 54.6 Å². The van der Waals surface area contributed by atoms with Gasteiger partial charge in [0, 0.05) is 49.5 Å². The maximum absolute atomic E-state index is 14.0. The Morgan fingerprint density at radius 3 is 2.73 bits per heavy atom. The van der Waals surface area contributed by atoms with E-state index in [9.17, 15) is 22.8 Å². The third kappa shape index (κ3) is 6.40. The third-order valence-electron chi connectivity index (χ3n) is 6.55. The molecule has 0 radical (unpaired) electrons. The highest BCUT2D eigenvalue weighted by atomic mass is 19.4. The summed E-state index contributed by atoms with van der Waals surface area (Å²) in [7, 11) is 1.85. The Bertz CT molecular complexity index is 1220. The Kier molecular flexibility index (Phi) is 8.00. The molecule has 0 saturated carbocycles. The minimum absolute atomic E-state index is 0.0105. The lowest BCUT2D eigenvalue weighted by Crippen LogP contribution is -2.36. The fourth-order valence-corrected chi connectivity index (χ4v) is 4.79. The Labute approximate surface area is 214 Å². The zero-order valence-corrected chi connectivity index (χ0v) is 20.6. The minimum Gasteiger partial charge on any atom is -0.348 e. The first-order valence-corrected chi connectivity index (χ1v) is 12.1. The first kappa shape index (κ1) is 26.5. The third-order valence-corrected chi connectivity index (χ3v) is 6.55. The number of terminal acetylenes is 1. The summed E-state index contributed by atoms with van der Waals surface area (Å²) in [5.74, 6) is 1.88. The molecule has 2 aliphatic heterocycles. The molecule has 194 valence electrons. The molecule has 1 atom stereocenters. The molecule has 0 spiro atoms. The molecule has 2 heterocycles. The Hall–Kier alpha value is -3.61. The number of nitrogens with zero attached hydrogens (tertiary/aromatic N) is 3. The summed E-state index contributed by atoms with van der Waals surface area (Å²) in [6, 6.07) is 11.3. The standard InChI is InChI=1S/C28H29F3N4O2/c1-3-12-33(2)13-7-10-26(36)32-21-11-14-34(18-21)17-20-15-23-24(25(16-20)28(29,30)31)19-35(27(23)37)22-8-5-4-6-9-22/h1,4-10,15-16,21H,11-14,17-19H2,2H3,(H,32,36)/b10-7+. The van der Waals surface area contributed by atoms with Crippen molar-refractivity contribution in [2.45, 2.75) is 31.7 Å². The molecule has 37 heavy (non-hydrogen) atoms. The van der Waals surface area contributed by atoms with E-state index in [1.54, 1.807) is 42.5 Å². The van der Waals surface area contributed by atoms with Crippen molar-refractivity contribution >= 4 is 17.5 Å². The average Bonchev–Trinajstić information content (AvgIpc) is 3.42. The van der Waals surface area contributed by atoms with Gasteiger partial charge in [0.15, 0.2) is 0 Å². The van der Waals surface area contributed by atoms with Crippen LogP contribution < -0.4 is 10.2 Å². The molecule has 1 N–H and O–H groups in total. The van der Waals surface area contributed by atoms with Gasteiger partial charge in [0.1, 0.15) is 0 Å². The highest BCUT2D eigenvalue weighted by Crippen LogP contribution is 2.39. The van der Waals surface area contributed by atoms with Crippen LogP contribution in [0.4, 0.5) is 18.9 Å². The molecule has 2 aliphatic rings. The predicted molar refractivity (Wildman–Crippen MR) is 136 cm³/mol. The van der Waals surface area contributed by atoms with E-state index in [0.717, 1.165) is 6.07 Å². The lowest BCUT2D eigenvalue weighted by molar-refractivity contribution is -0.138. The lowest BCUT2D eigenvalue weighted by Gasteiger charge is -2.19. The molecule has 2 amide bonds. The van der Waals surface area contributed by atoms with Gasteiger partial charge in [-0.3, -0.25) is 19.4 Å². The second-order valence-electron chi connectivity index (χ2n) is 9.43. The molecule has 6 nitrogen and oxygen atoms in total. The fourth-order valence-electron chi connectivity index (χ4n) is 4.79. The zero-order valence-electron chi connectivity index (χ0n) is 20.6. The molecule has 0 aliphatic carbocycles. The van der Waals surface area contributed by atoms with Gasteiger partial charge in [0.05, 0.1) is 18.7 Å². The Balaban J connectivity index is 1.42. The number of amides is 2. The summed E-state index contributed by atoms with van der Waals surface area (Å²) in [6.45, 7) is 2.32. The van der Waals surface area contributed by atoms with Crippen LogP contribution in [0.2, 0.25) is 0 Å². The molecule has 0 aromatic heterocycles. The van der Waals surface area contributed by atoms with Crippen LogP contribution in [0.5, 0.6) is 0 Å². The van der Waals surface area contributed by atoms with Crippen LogP contribution >= 0.6 is 0 Å². The van der Waals surface area contributed by atoms with Crippen LogP contribution in [-0.4, -0.2) is 60.9 Å². The number of nitrogens with one attached hydrogen (secondary N) is 1. The van der Waals surface area contributed by atoms with Gasteiger partial charge >= 0.3 is 6.18 Å². The van der Waals surface area contributed by atoms with E-state index in [2.05, 4.69) is 11.2 Å². The molecule has 1 saturated heterocycles. The number of hydrogen-bond donors (Lipinski definition) is 1. The summed E-state index contributed by atoms with van der Waals surface area (Å²) >= 11 is 0. The Morgan fingerprint density at radius 1 is 1.27 bits per heavy atom. The Morgan fingerprint density at radius 2 is 2.03 bits per heavy atom. The lowest BCUT2D eigenvalue weighted by atomic mass is 9.98. The number of fused-ring (bicyclic) bond motifs is 1. The van der Waals surface area contributed by atoms with E-state index in [-0.39, 0.29) is 36.2 Å². The molecule has 4 rings (SSSR count). The van der Waals surface area contributed by atoms with Crippen molar-refractivity contribution < 1.29 is 22.8 Å². The smallest absolute Gasteiger partial charge is 0.348 e. The first-order chi connectivity index (χ1) is 17.7. The molecule has 2 aromatic carbocycles. The number of benzene rings is 2. The number of carbonyl (C=O) groups excluding carboxylic acids is 2. The van der Waals surface area contributed by atoms with Crippen molar-refractivity contribution in [3.05, 3.63) is 76.9 Å². The van der Waals surface area contributed by atoms with Gasteiger partial charge in [-0.2, -0.15) is 13.2 Å². The number of rotatable bonds is 8. The van der Waals surface area contributed by atoms with E-state index < -0.39 is 17.6 Å². The van der Waals surface area contributed by atoms with Crippen molar-refractivity contribution in [1.29, 1.82) is 0 Å². The zero-order chi connectivity index (χ0) is 26.6. The topological polar surface area (TPSA) is 55.9 Å². The van der Waals surface area contributed by atoms with Crippen LogP contribution in [0, 0.1) is 12.3 Å². The van der Waals surface area contributed by atoms with Crippen molar-refractivity contribution in [2.24, 2.45) is 0 Å². The predicted octanol–water partition coefficient (Wildman–Crippen LogP) is 3.68. The van der Waals surface area contributed by atoms with E-state index in [1.165, 1.54) is 11.0 Å². The van der Waals surface area contributed by atoms with Crippen molar-refractivity contribution in [3.8, 4) is 12.3 Å². The van der Waals surface area contributed by atoms with Crippen LogP contribution in [-0.2, 0) is 24.1 Å². The van der Waals surface area contributed by atoms with Gasteiger partial charge in [-0.05, 0) is 48.9 Å². The van der Waals surface area contributed by atoms with E-state index in [4.69, 9.17) is 6.42 Å². The number of carbonyl (C=O) groups is 2. The highest BCUT2D eigenvalue weighted by Gasteiger charge is 2.40. The SMILES string of the molecule is C#CCN(C)C/C=C/C(=O)NC1CCN(Cc2cc3c(c(C(F)(F)F)c2)CN(c2ccccc2)C3=O)C1. The average molecular weight is 511 g/mol. The summed E-state index contributed by atoms with van der Waals surface area (Å²) < 4.78 is 42.0. The molecular weight excluding hydrogens is 481 g/mol. The normalized spacial score (nSPS) is 18.0. The number of likely N-dealkylation sites (N-methyl/N-ethyl adjacent to an activating group) is 1. The number of para-hydroxylation sites is 1. The quantitative estimate of drug-likeness (QED) is 0.435. The summed E-state index contributed by atoms with van der Waals surface area (Å²) in [4.78, 5) is 30.6. The number of hydrogen-bond acceptors (Lipinski definition) is 4. The molecule has 2 aromatic rings. The molecule has 1 fully saturated rings. The molecular formula is C28H29F3N4O2. The van der Waals surface area contributed by atoms with Crippen molar-refractivity contribution in [3.63, 3.8) is 0 Å². The summed E-state index contributed by atoms with van der Waals surface area (Å²) in [5.41, 5.74) is 0.329. The van der Waals surface area contributed by atoms with E-state index >= 15 is 0 Å². The van der Waals surface area contributed by atoms with Gasteiger partial charge in [-0.15, -0.1) is 6.42 Å². The van der Waals surface area contributed by atoms with Gasteiger partial charge in [-0.1, -0.05) is 30.2 Å². The maximum Gasteiger partial charge on any atom is 0.416 e. The molecule has 9 heteroatoms. The van der Waals surface area contributed by atoms with Gasteiger partial charge in [0.25, 0.3) is 5.91 Å². The van der Waals surface area contributed by atoms with Crippen LogP contribution in [0.25, 0.3) is 0 Å². The van der Waals surface area contributed by atoms with Gasteiger partial charge in [0.2, 0.25) is 5.91 Å². The van der Waals surface area contributed by atoms with Crippen LogP contribution in [0.1, 0.15) is 33.5 Å². The first-order valence-electron chi connectivity index (χ1n) is 12.1. The highest BCUT2D eigenvalue weighted by molar-refractivity contribution is 6.10. The second-order valence-corrected chi connectivity index (χ2v) is 9.43. The van der Waals surface area contributed by atoms with Gasteiger partial charge < -0.3 is 10.2 Å². The maximum atomic E-state index is 14.0. The second kappa shape index (κ2) is 11.2. The monoisotopic (exact) mass is 510 g/mol. The van der Waals surface area contributed by atoms with Gasteiger partial charge in [-0.25, -0.2) is 0 Å². The number of anilines is 1. The van der Waals surface area contributed by atoms with Crippen molar-refractivity contribution in [1.82, 2.24) is 15.1 Å². The van der Waals surface area contributed by atoms with E-state index in [1.807, 2.05) is 16.8 Å². The molecule has 0 bridgehead atoms.